The minimum absolute atomic E-state index is 0.0583. The number of nitrogens with one attached hydrogen (secondary N) is 2. The van der Waals surface area contributed by atoms with Crippen LogP contribution in [0.1, 0.15) is 9.80 Å². The highest BCUT2D eigenvalue weighted by atomic mass is 32.1. The van der Waals surface area contributed by atoms with Crippen LogP contribution in [0.3, 0.4) is 0 Å². The quantitative estimate of drug-likeness (QED) is 0.896. The van der Waals surface area contributed by atoms with Crippen LogP contribution in [-0.2, 0) is 0 Å². The molecule has 0 aliphatic carbocycles. The Balaban J connectivity index is 2.18. The van der Waals surface area contributed by atoms with E-state index in [1.165, 1.54) is 0 Å². The van der Waals surface area contributed by atoms with Crippen LogP contribution in [0.2, 0.25) is 0 Å². The fourth-order valence-corrected chi connectivity index (χ4v) is 1.78. The molecule has 0 atom stereocenters. The van der Waals surface area contributed by atoms with E-state index in [2.05, 4.69) is 20.8 Å². The Morgan fingerprint density at radius 1 is 1.33 bits per heavy atom. The number of amides is 1. The van der Waals surface area contributed by atoms with Gasteiger partial charge in [0.05, 0.1) is 5.69 Å². The molecule has 2 rings (SSSR count). The lowest BCUT2D eigenvalue weighted by atomic mass is 10.3. The average molecular weight is 270 g/mol. The van der Waals surface area contributed by atoms with Crippen molar-refractivity contribution in [1.29, 1.82) is 0 Å². The first kappa shape index (κ1) is 12.4. The molecule has 5 nitrogen and oxygen atoms in total. The smallest absolute Gasteiger partial charge is 0.286 e. The van der Waals surface area contributed by atoms with E-state index >= 15 is 0 Å². The van der Waals surface area contributed by atoms with Crippen molar-refractivity contribution in [3.8, 4) is 0 Å². The summed E-state index contributed by atoms with van der Waals surface area (Å²) < 4.78 is 26.2. The van der Waals surface area contributed by atoms with Crippen LogP contribution < -0.4 is 10.6 Å². The third-order valence-electron chi connectivity index (χ3n) is 2.01. The van der Waals surface area contributed by atoms with Crippen molar-refractivity contribution in [2.24, 2.45) is 0 Å². The number of anilines is 2. The maximum absolute atomic E-state index is 13.3. The molecule has 0 saturated carbocycles. The molecule has 2 aromatic rings. The molecule has 1 amide bonds. The Labute approximate surface area is 105 Å². The van der Waals surface area contributed by atoms with Gasteiger partial charge in [-0.15, -0.1) is 10.2 Å². The van der Waals surface area contributed by atoms with Gasteiger partial charge in [0.2, 0.25) is 10.1 Å². The third kappa shape index (κ3) is 2.59. The van der Waals surface area contributed by atoms with Gasteiger partial charge in [-0.3, -0.25) is 4.79 Å². The lowest BCUT2D eigenvalue weighted by Crippen LogP contribution is -2.13. The van der Waals surface area contributed by atoms with Crippen molar-refractivity contribution in [2.75, 3.05) is 17.7 Å². The maximum atomic E-state index is 13.3. The van der Waals surface area contributed by atoms with Gasteiger partial charge in [0.15, 0.2) is 0 Å². The summed E-state index contributed by atoms with van der Waals surface area (Å²) in [5.74, 6) is -2.00. The van der Waals surface area contributed by atoms with E-state index in [1.807, 2.05) is 0 Å². The summed E-state index contributed by atoms with van der Waals surface area (Å²) in [5, 5.41) is 12.7. The Morgan fingerprint density at radius 3 is 2.78 bits per heavy atom. The minimum Gasteiger partial charge on any atom is -0.363 e. The van der Waals surface area contributed by atoms with Crippen molar-refractivity contribution in [2.45, 2.75) is 0 Å². The van der Waals surface area contributed by atoms with Crippen LogP contribution >= 0.6 is 11.3 Å². The molecule has 2 N–H and O–H groups in total. The fourth-order valence-electron chi connectivity index (χ4n) is 1.19. The standard InChI is InChI=1S/C10H8F2N4OS/c1-13-10-16-15-9(18-10)8(17)14-7-4-5(11)2-3-6(7)12/h2-4H,1H3,(H,13,16)(H,14,17). The minimum atomic E-state index is -0.719. The Hall–Kier alpha value is -2.09. The summed E-state index contributed by atoms with van der Waals surface area (Å²) in [6.45, 7) is 0. The lowest BCUT2D eigenvalue weighted by molar-refractivity contribution is 0.102. The van der Waals surface area contributed by atoms with E-state index in [0.29, 0.717) is 5.13 Å². The molecule has 8 heteroatoms. The number of carbonyl (C=O) groups is 1. The molecule has 1 aromatic carbocycles. The van der Waals surface area contributed by atoms with Gasteiger partial charge in [-0.1, -0.05) is 11.3 Å². The molecule has 0 bridgehead atoms. The van der Waals surface area contributed by atoms with Gasteiger partial charge in [0.1, 0.15) is 11.6 Å². The number of aromatic nitrogens is 2. The molecule has 0 aliphatic heterocycles. The highest BCUT2D eigenvalue weighted by Crippen LogP contribution is 2.19. The van der Waals surface area contributed by atoms with Crippen LogP contribution in [0.4, 0.5) is 19.6 Å². The summed E-state index contributed by atoms with van der Waals surface area (Å²) in [4.78, 5) is 11.7. The van der Waals surface area contributed by atoms with Crippen LogP contribution in [0.25, 0.3) is 0 Å². The first-order valence-corrected chi connectivity index (χ1v) is 5.69. The molecule has 1 heterocycles. The molecule has 94 valence electrons. The highest BCUT2D eigenvalue weighted by molar-refractivity contribution is 7.17. The van der Waals surface area contributed by atoms with Crippen molar-refractivity contribution in [1.82, 2.24) is 10.2 Å². The van der Waals surface area contributed by atoms with Crippen molar-refractivity contribution < 1.29 is 13.6 Å². The van der Waals surface area contributed by atoms with Gasteiger partial charge in [-0.25, -0.2) is 8.78 Å². The molecule has 0 fully saturated rings. The predicted molar refractivity (Wildman–Crippen MR) is 63.8 cm³/mol. The molecular weight excluding hydrogens is 262 g/mol. The van der Waals surface area contributed by atoms with E-state index in [1.54, 1.807) is 7.05 Å². The van der Waals surface area contributed by atoms with E-state index < -0.39 is 17.5 Å². The van der Waals surface area contributed by atoms with Crippen molar-refractivity contribution in [3.63, 3.8) is 0 Å². The van der Waals surface area contributed by atoms with Gasteiger partial charge in [-0.2, -0.15) is 0 Å². The van der Waals surface area contributed by atoms with Crippen LogP contribution in [0.5, 0.6) is 0 Å². The summed E-state index contributed by atoms with van der Waals surface area (Å²) >= 11 is 1.01. The number of hydrogen-bond donors (Lipinski definition) is 2. The molecule has 18 heavy (non-hydrogen) atoms. The second-order valence-electron chi connectivity index (χ2n) is 3.24. The van der Waals surface area contributed by atoms with Gasteiger partial charge in [-0.05, 0) is 12.1 Å². The maximum Gasteiger partial charge on any atom is 0.286 e. The van der Waals surface area contributed by atoms with Gasteiger partial charge < -0.3 is 10.6 Å². The lowest BCUT2D eigenvalue weighted by Gasteiger charge is -2.03. The molecular formula is C10H8F2N4OS. The second kappa shape index (κ2) is 5.05. The van der Waals surface area contributed by atoms with Gasteiger partial charge >= 0.3 is 0 Å². The van der Waals surface area contributed by atoms with Gasteiger partial charge in [0.25, 0.3) is 5.91 Å². The van der Waals surface area contributed by atoms with Crippen molar-refractivity contribution in [3.05, 3.63) is 34.8 Å². The second-order valence-corrected chi connectivity index (χ2v) is 4.22. The van der Waals surface area contributed by atoms with E-state index in [9.17, 15) is 13.6 Å². The van der Waals surface area contributed by atoms with Gasteiger partial charge in [0, 0.05) is 13.1 Å². The summed E-state index contributed by atoms with van der Waals surface area (Å²) in [6, 6.07) is 2.80. The first-order chi connectivity index (χ1) is 8.60. The van der Waals surface area contributed by atoms with Crippen LogP contribution in [0, 0.1) is 11.6 Å². The molecule has 0 aliphatic rings. The summed E-state index contributed by atoms with van der Waals surface area (Å²) in [7, 11) is 1.63. The molecule has 0 saturated heterocycles. The summed E-state index contributed by atoms with van der Waals surface area (Å²) in [6.07, 6.45) is 0. The largest absolute Gasteiger partial charge is 0.363 e. The summed E-state index contributed by atoms with van der Waals surface area (Å²) in [5.41, 5.74) is -0.235. The highest BCUT2D eigenvalue weighted by Gasteiger charge is 2.14. The Kier molecular flexibility index (Phi) is 3.47. The zero-order valence-corrected chi connectivity index (χ0v) is 10.0. The molecule has 0 spiro atoms. The number of carbonyl (C=O) groups excluding carboxylic acids is 1. The fraction of sp³-hybridized carbons (Fsp3) is 0.100. The number of rotatable bonds is 3. The van der Waals surface area contributed by atoms with Crippen LogP contribution in [0.15, 0.2) is 18.2 Å². The SMILES string of the molecule is CNc1nnc(C(=O)Nc2cc(F)ccc2F)s1. The number of hydrogen-bond acceptors (Lipinski definition) is 5. The monoisotopic (exact) mass is 270 g/mol. The Morgan fingerprint density at radius 2 is 2.11 bits per heavy atom. The zero-order valence-electron chi connectivity index (χ0n) is 9.20. The van der Waals surface area contributed by atoms with E-state index in [4.69, 9.17) is 0 Å². The molecule has 1 aromatic heterocycles. The zero-order chi connectivity index (χ0) is 13.1. The number of halogens is 2. The first-order valence-electron chi connectivity index (χ1n) is 4.88. The topological polar surface area (TPSA) is 66.9 Å². The third-order valence-corrected chi connectivity index (χ3v) is 2.95. The van der Waals surface area contributed by atoms with E-state index in [-0.39, 0.29) is 10.7 Å². The molecule has 0 radical (unpaired) electrons. The molecule has 0 unspecified atom stereocenters. The number of benzene rings is 1. The number of nitrogens with zero attached hydrogens (tertiary/aromatic N) is 2. The normalized spacial score (nSPS) is 10.2. The Bertz CT molecular complexity index is 587. The van der Waals surface area contributed by atoms with Crippen molar-refractivity contribution >= 4 is 28.1 Å². The average Bonchev–Trinajstić information content (AvgIpc) is 2.82. The van der Waals surface area contributed by atoms with E-state index in [0.717, 1.165) is 29.5 Å². The predicted octanol–water partition coefficient (Wildman–Crippen LogP) is 2.11. The van der Waals surface area contributed by atoms with Crippen LogP contribution in [-0.4, -0.2) is 23.2 Å².